The highest BCUT2D eigenvalue weighted by molar-refractivity contribution is 6.02. The summed E-state index contributed by atoms with van der Waals surface area (Å²) >= 11 is 0. The standard InChI is InChI=1S/C19H29N3O5/c1-18(2,3)26-16(23)21-15(22(7)17(24)27-19(4,5)6)20-13-11-9-10-12-14(13)25-8/h9-12H,1-8H3,(H,20,21,23). The van der Waals surface area contributed by atoms with Gasteiger partial charge in [-0.05, 0) is 53.7 Å². The van der Waals surface area contributed by atoms with E-state index in [1.165, 1.54) is 14.2 Å². The zero-order chi connectivity index (χ0) is 20.8. The van der Waals surface area contributed by atoms with E-state index in [1.807, 2.05) is 0 Å². The molecule has 0 heterocycles. The van der Waals surface area contributed by atoms with Crippen molar-refractivity contribution in [2.24, 2.45) is 4.99 Å². The van der Waals surface area contributed by atoms with Crippen LogP contribution in [0.5, 0.6) is 5.75 Å². The molecule has 0 radical (unpaired) electrons. The molecular weight excluding hydrogens is 350 g/mol. The van der Waals surface area contributed by atoms with Crippen LogP contribution in [0.25, 0.3) is 0 Å². The Labute approximate surface area is 160 Å². The van der Waals surface area contributed by atoms with E-state index in [1.54, 1.807) is 65.8 Å². The normalized spacial score (nSPS) is 12.2. The first-order chi connectivity index (χ1) is 12.3. The summed E-state index contributed by atoms with van der Waals surface area (Å²) in [6.45, 7) is 10.5. The first-order valence-electron chi connectivity index (χ1n) is 8.51. The number of rotatable bonds is 2. The molecule has 1 aromatic rings. The molecule has 0 spiro atoms. The molecule has 0 aromatic heterocycles. The Balaban J connectivity index is 3.21. The second-order valence-electron chi connectivity index (χ2n) is 7.77. The number of aliphatic imine (C=N–C) groups is 1. The number of carbonyl (C=O) groups excluding carboxylic acids is 2. The summed E-state index contributed by atoms with van der Waals surface area (Å²) in [5.74, 6) is 0.432. The van der Waals surface area contributed by atoms with Crippen LogP contribution in [0.3, 0.4) is 0 Å². The van der Waals surface area contributed by atoms with Crippen molar-refractivity contribution in [3.05, 3.63) is 24.3 Å². The van der Waals surface area contributed by atoms with Gasteiger partial charge in [-0.1, -0.05) is 12.1 Å². The maximum atomic E-state index is 12.4. The SMILES string of the molecule is COc1ccccc1N=C(NC(=O)OC(C)(C)C)N(C)C(=O)OC(C)(C)C. The quantitative estimate of drug-likeness (QED) is 0.618. The van der Waals surface area contributed by atoms with Crippen LogP contribution in [0.2, 0.25) is 0 Å². The predicted molar refractivity (Wildman–Crippen MR) is 103 cm³/mol. The van der Waals surface area contributed by atoms with E-state index in [0.717, 1.165) is 4.90 Å². The van der Waals surface area contributed by atoms with Crippen molar-refractivity contribution < 1.29 is 23.8 Å². The average molecular weight is 379 g/mol. The molecule has 1 rings (SSSR count). The number of hydrogen-bond donors (Lipinski definition) is 1. The van der Waals surface area contributed by atoms with Gasteiger partial charge in [-0.3, -0.25) is 10.2 Å². The molecule has 0 saturated carbocycles. The molecule has 0 saturated heterocycles. The first kappa shape index (κ1) is 22.3. The Morgan fingerprint density at radius 1 is 1.00 bits per heavy atom. The molecule has 0 bridgehead atoms. The molecule has 1 N–H and O–H groups in total. The number of alkyl carbamates (subject to hydrolysis) is 1. The molecule has 0 fully saturated rings. The van der Waals surface area contributed by atoms with Gasteiger partial charge in [-0.25, -0.2) is 14.6 Å². The average Bonchev–Trinajstić information content (AvgIpc) is 2.50. The lowest BCUT2D eigenvalue weighted by Gasteiger charge is -2.26. The minimum Gasteiger partial charge on any atom is -0.494 e. The Morgan fingerprint density at radius 3 is 2.07 bits per heavy atom. The van der Waals surface area contributed by atoms with Gasteiger partial charge >= 0.3 is 12.2 Å². The highest BCUT2D eigenvalue weighted by Crippen LogP contribution is 2.26. The zero-order valence-electron chi connectivity index (χ0n) is 17.2. The van der Waals surface area contributed by atoms with Crippen molar-refractivity contribution >= 4 is 23.8 Å². The first-order valence-corrected chi connectivity index (χ1v) is 8.51. The third-order valence-electron chi connectivity index (χ3n) is 2.91. The third kappa shape index (κ3) is 7.98. The van der Waals surface area contributed by atoms with Crippen LogP contribution < -0.4 is 10.1 Å². The predicted octanol–water partition coefficient (Wildman–Crippen LogP) is 4.07. The van der Waals surface area contributed by atoms with E-state index in [-0.39, 0.29) is 5.96 Å². The molecule has 0 aliphatic heterocycles. The number of para-hydroxylation sites is 2. The Morgan fingerprint density at radius 2 is 1.56 bits per heavy atom. The number of amides is 2. The largest absolute Gasteiger partial charge is 0.494 e. The van der Waals surface area contributed by atoms with Gasteiger partial charge in [0.15, 0.2) is 0 Å². The summed E-state index contributed by atoms with van der Waals surface area (Å²) in [5, 5.41) is 2.50. The molecule has 8 heteroatoms. The van der Waals surface area contributed by atoms with Crippen molar-refractivity contribution in [2.75, 3.05) is 14.2 Å². The molecular formula is C19H29N3O5. The number of nitrogens with zero attached hydrogens (tertiary/aromatic N) is 2. The third-order valence-corrected chi connectivity index (χ3v) is 2.91. The summed E-state index contributed by atoms with van der Waals surface area (Å²) in [7, 11) is 2.95. The maximum absolute atomic E-state index is 12.4. The van der Waals surface area contributed by atoms with Crippen molar-refractivity contribution in [2.45, 2.75) is 52.7 Å². The summed E-state index contributed by atoms with van der Waals surface area (Å²) in [6.07, 6.45) is -1.42. The number of guanidine groups is 1. The van der Waals surface area contributed by atoms with Gasteiger partial charge in [0.25, 0.3) is 0 Å². The van der Waals surface area contributed by atoms with E-state index in [2.05, 4.69) is 10.3 Å². The second kappa shape index (κ2) is 8.75. The highest BCUT2D eigenvalue weighted by Gasteiger charge is 2.26. The van der Waals surface area contributed by atoms with Crippen LogP contribution in [0.4, 0.5) is 15.3 Å². The van der Waals surface area contributed by atoms with Gasteiger partial charge in [-0.15, -0.1) is 0 Å². The Kier molecular flexibility index (Phi) is 7.21. The van der Waals surface area contributed by atoms with Gasteiger partial charge in [0.2, 0.25) is 5.96 Å². The van der Waals surface area contributed by atoms with Crippen molar-refractivity contribution in [3.63, 3.8) is 0 Å². The summed E-state index contributed by atoms with van der Waals surface area (Å²) in [5.41, 5.74) is -0.974. The van der Waals surface area contributed by atoms with E-state index >= 15 is 0 Å². The van der Waals surface area contributed by atoms with Gasteiger partial charge < -0.3 is 14.2 Å². The molecule has 0 unspecified atom stereocenters. The van der Waals surface area contributed by atoms with Gasteiger partial charge in [-0.2, -0.15) is 0 Å². The lowest BCUT2D eigenvalue weighted by Crippen LogP contribution is -2.48. The summed E-state index contributed by atoms with van der Waals surface area (Å²) in [4.78, 5) is 30.1. The van der Waals surface area contributed by atoms with Gasteiger partial charge in [0, 0.05) is 7.05 Å². The smallest absolute Gasteiger partial charge is 0.416 e. The van der Waals surface area contributed by atoms with Crippen LogP contribution in [-0.4, -0.2) is 48.4 Å². The summed E-state index contributed by atoms with van der Waals surface area (Å²) in [6, 6.07) is 6.96. The fourth-order valence-electron chi connectivity index (χ4n) is 1.83. The topological polar surface area (TPSA) is 89.5 Å². The van der Waals surface area contributed by atoms with Crippen molar-refractivity contribution in [1.82, 2.24) is 10.2 Å². The van der Waals surface area contributed by atoms with E-state index in [9.17, 15) is 9.59 Å². The van der Waals surface area contributed by atoms with E-state index < -0.39 is 23.4 Å². The zero-order valence-corrected chi connectivity index (χ0v) is 17.2. The molecule has 2 amide bonds. The van der Waals surface area contributed by atoms with Crippen molar-refractivity contribution in [3.8, 4) is 5.75 Å². The monoisotopic (exact) mass is 379 g/mol. The molecule has 150 valence electrons. The lowest BCUT2D eigenvalue weighted by molar-refractivity contribution is 0.0391. The number of methoxy groups -OCH3 is 1. The van der Waals surface area contributed by atoms with Gasteiger partial charge in [0.1, 0.15) is 22.6 Å². The lowest BCUT2D eigenvalue weighted by atomic mass is 10.2. The Bertz CT molecular complexity index is 702. The highest BCUT2D eigenvalue weighted by atomic mass is 16.6. The fraction of sp³-hybridized carbons (Fsp3) is 0.526. The number of nitrogens with one attached hydrogen (secondary N) is 1. The number of ether oxygens (including phenoxy) is 3. The molecule has 1 aromatic carbocycles. The van der Waals surface area contributed by atoms with E-state index in [0.29, 0.717) is 11.4 Å². The Hall–Kier alpha value is -2.77. The number of benzene rings is 1. The van der Waals surface area contributed by atoms with Crippen LogP contribution >= 0.6 is 0 Å². The fourth-order valence-corrected chi connectivity index (χ4v) is 1.83. The summed E-state index contributed by atoms with van der Waals surface area (Å²) < 4.78 is 15.9. The molecule has 27 heavy (non-hydrogen) atoms. The molecule has 0 atom stereocenters. The minimum atomic E-state index is -0.744. The number of hydrogen-bond acceptors (Lipinski definition) is 6. The second-order valence-corrected chi connectivity index (χ2v) is 7.77. The van der Waals surface area contributed by atoms with Crippen LogP contribution in [0, 0.1) is 0 Å². The molecule has 0 aliphatic rings. The maximum Gasteiger partial charge on any atom is 0.416 e. The minimum absolute atomic E-state index is 0.0528. The number of carbonyl (C=O) groups is 2. The van der Waals surface area contributed by atoms with Gasteiger partial charge in [0.05, 0.1) is 7.11 Å². The van der Waals surface area contributed by atoms with Crippen LogP contribution in [0.1, 0.15) is 41.5 Å². The molecule has 8 nitrogen and oxygen atoms in total. The van der Waals surface area contributed by atoms with Crippen molar-refractivity contribution in [1.29, 1.82) is 0 Å². The van der Waals surface area contributed by atoms with Crippen LogP contribution in [0.15, 0.2) is 29.3 Å². The van der Waals surface area contributed by atoms with Crippen LogP contribution in [-0.2, 0) is 9.47 Å². The van der Waals surface area contributed by atoms with E-state index in [4.69, 9.17) is 14.2 Å². The molecule has 0 aliphatic carbocycles.